The van der Waals surface area contributed by atoms with E-state index in [1.54, 1.807) is 0 Å². The Balaban J connectivity index is 1.96. The van der Waals surface area contributed by atoms with Gasteiger partial charge in [0.2, 0.25) is 0 Å². The minimum atomic E-state index is -0.782. The summed E-state index contributed by atoms with van der Waals surface area (Å²) in [5.41, 5.74) is -1.96. The SMILES string of the molecule is O=C(O)C12CC(CO)(C1)OC21CCOCC1. The summed E-state index contributed by atoms with van der Waals surface area (Å²) in [4.78, 5) is 11.5. The Hall–Kier alpha value is -0.650. The fourth-order valence-corrected chi connectivity index (χ4v) is 3.73. The van der Waals surface area contributed by atoms with Crippen LogP contribution in [-0.2, 0) is 14.3 Å². The van der Waals surface area contributed by atoms with Crippen molar-refractivity contribution in [3.05, 3.63) is 0 Å². The smallest absolute Gasteiger partial charge is 0.312 e. The number of hydrogen-bond donors (Lipinski definition) is 2. The van der Waals surface area contributed by atoms with E-state index in [2.05, 4.69) is 0 Å². The van der Waals surface area contributed by atoms with E-state index in [9.17, 15) is 15.0 Å². The molecule has 4 rings (SSSR count). The van der Waals surface area contributed by atoms with Crippen LogP contribution in [0, 0.1) is 5.41 Å². The Bertz CT molecular complexity index is 325. The second-order valence-electron chi connectivity index (χ2n) is 5.29. The first-order valence-electron chi connectivity index (χ1n) is 5.70. The van der Waals surface area contributed by atoms with E-state index in [-0.39, 0.29) is 6.61 Å². The average molecular weight is 228 g/mol. The molecule has 0 amide bonds. The van der Waals surface area contributed by atoms with E-state index in [0.717, 1.165) is 0 Å². The fraction of sp³-hybridized carbons (Fsp3) is 0.909. The Morgan fingerprint density at radius 3 is 2.38 bits per heavy atom. The second kappa shape index (κ2) is 2.97. The monoisotopic (exact) mass is 228 g/mol. The van der Waals surface area contributed by atoms with E-state index >= 15 is 0 Å². The van der Waals surface area contributed by atoms with Crippen LogP contribution in [0.5, 0.6) is 0 Å². The van der Waals surface area contributed by atoms with Crippen LogP contribution in [0.2, 0.25) is 0 Å². The molecule has 0 atom stereocenters. The average Bonchev–Trinajstić information content (AvgIpc) is 2.64. The molecular formula is C11H16O5. The van der Waals surface area contributed by atoms with Crippen molar-refractivity contribution in [1.82, 2.24) is 0 Å². The first kappa shape index (κ1) is 10.5. The molecule has 5 heteroatoms. The van der Waals surface area contributed by atoms with Crippen molar-refractivity contribution in [2.75, 3.05) is 19.8 Å². The number of carboxylic acids is 1. The maximum atomic E-state index is 11.5. The minimum Gasteiger partial charge on any atom is -0.481 e. The number of aliphatic hydroxyl groups excluding tert-OH is 1. The van der Waals surface area contributed by atoms with Crippen LogP contribution in [0.15, 0.2) is 0 Å². The molecule has 0 aromatic heterocycles. The number of rotatable bonds is 2. The molecule has 2 N–H and O–H groups in total. The summed E-state index contributed by atoms with van der Waals surface area (Å²) in [7, 11) is 0. The second-order valence-corrected chi connectivity index (χ2v) is 5.29. The normalized spacial score (nSPS) is 44.3. The zero-order valence-electron chi connectivity index (χ0n) is 9.07. The number of aliphatic hydroxyl groups is 1. The van der Waals surface area contributed by atoms with Gasteiger partial charge in [0.15, 0.2) is 0 Å². The van der Waals surface area contributed by atoms with Crippen molar-refractivity contribution < 1.29 is 24.5 Å². The highest BCUT2D eigenvalue weighted by Gasteiger charge is 2.78. The molecule has 1 saturated carbocycles. The van der Waals surface area contributed by atoms with Gasteiger partial charge < -0.3 is 19.7 Å². The molecule has 0 aromatic rings. The molecule has 3 heterocycles. The summed E-state index contributed by atoms with van der Waals surface area (Å²) in [6.45, 7) is 1.03. The molecule has 0 radical (unpaired) electrons. The fourth-order valence-electron chi connectivity index (χ4n) is 3.73. The van der Waals surface area contributed by atoms with Gasteiger partial charge in [-0.2, -0.15) is 0 Å². The molecule has 5 nitrogen and oxygen atoms in total. The maximum Gasteiger partial charge on any atom is 0.312 e. The molecule has 16 heavy (non-hydrogen) atoms. The molecule has 1 spiro atoms. The van der Waals surface area contributed by atoms with Crippen LogP contribution in [0.4, 0.5) is 0 Å². The molecule has 1 aliphatic carbocycles. The lowest BCUT2D eigenvalue weighted by atomic mass is 9.54. The van der Waals surface area contributed by atoms with Crippen molar-refractivity contribution in [3.8, 4) is 0 Å². The van der Waals surface area contributed by atoms with Crippen LogP contribution in [0.1, 0.15) is 25.7 Å². The quantitative estimate of drug-likeness (QED) is 0.704. The lowest BCUT2D eigenvalue weighted by Gasteiger charge is -2.45. The number of carbonyl (C=O) groups is 1. The van der Waals surface area contributed by atoms with Gasteiger partial charge in [0, 0.05) is 26.1 Å². The van der Waals surface area contributed by atoms with E-state index in [0.29, 0.717) is 38.9 Å². The topological polar surface area (TPSA) is 76.0 Å². The molecular weight excluding hydrogens is 212 g/mol. The van der Waals surface area contributed by atoms with Crippen LogP contribution >= 0.6 is 0 Å². The lowest BCUT2D eigenvalue weighted by Crippen LogP contribution is -2.56. The predicted molar refractivity (Wildman–Crippen MR) is 53.0 cm³/mol. The van der Waals surface area contributed by atoms with Crippen molar-refractivity contribution in [2.24, 2.45) is 5.41 Å². The summed E-state index contributed by atoms with van der Waals surface area (Å²) < 4.78 is 11.2. The summed E-state index contributed by atoms with van der Waals surface area (Å²) in [6, 6.07) is 0. The van der Waals surface area contributed by atoms with Crippen molar-refractivity contribution in [3.63, 3.8) is 0 Å². The van der Waals surface area contributed by atoms with E-state index in [1.807, 2.05) is 0 Å². The van der Waals surface area contributed by atoms with Gasteiger partial charge >= 0.3 is 5.97 Å². The third kappa shape index (κ3) is 0.990. The maximum absolute atomic E-state index is 11.5. The zero-order chi connectivity index (χ0) is 11.4. The molecule has 3 saturated heterocycles. The molecule has 0 aromatic carbocycles. The Kier molecular flexibility index (Phi) is 1.95. The zero-order valence-corrected chi connectivity index (χ0v) is 9.07. The summed E-state index contributed by atoms with van der Waals surface area (Å²) >= 11 is 0. The van der Waals surface area contributed by atoms with Gasteiger partial charge in [-0.05, 0) is 12.8 Å². The van der Waals surface area contributed by atoms with E-state index in [4.69, 9.17) is 9.47 Å². The van der Waals surface area contributed by atoms with Gasteiger partial charge in [-0.15, -0.1) is 0 Å². The number of aliphatic carboxylic acids is 1. The van der Waals surface area contributed by atoms with Gasteiger partial charge in [0.25, 0.3) is 0 Å². The first-order chi connectivity index (χ1) is 7.58. The first-order valence-corrected chi connectivity index (χ1v) is 5.70. The third-order valence-corrected chi connectivity index (χ3v) is 4.53. The van der Waals surface area contributed by atoms with Gasteiger partial charge in [-0.3, -0.25) is 4.79 Å². The predicted octanol–water partition coefficient (Wildman–Crippen LogP) is 0.162. The summed E-state index contributed by atoms with van der Waals surface area (Å²) in [5.74, 6) is -0.782. The number of ether oxygens (including phenoxy) is 2. The molecule has 90 valence electrons. The molecule has 4 fully saturated rings. The number of carboxylic acid groups (broad SMARTS) is 1. The molecule has 0 unspecified atom stereocenters. The minimum absolute atomic E-state index is 0.0787. The van der Waals surface area contributed by atoms with Gasteiger partial charge in [-0.1, -0.05) is 0 Å². The van der Waals surface area contributed by atoms with Gasteiger partial charge in [-0.25, -0.2) is 0 Å². The summed E-state index contributed by atoms with van der Waals surface area (Å²) in [5, 5.41) is 18.8. The lowest BCUT2D eigenvalue weighted by molar-refractivity contribution is -0.163. The van der Waals surface area contributed by atoms with Crippen molar-refractivity contribution in [2.45, 2.75) is 36.9 Å². The van der Waals surface area contributed by atoms with Crippen LogP contribution in [0.3, 0.4) is 0 Å². The Morgan fingerprint density at radius 2 is 1.88 bits per heavy atom. The van der Waals surface area contributed by atoms with Gasteiger partial charge in [0.05, 0.1) is 17.8 Å². The highest BCUT2D eigenvalue weighted by molar-refractivity contribution is 5.79. The summed E-state index contributed by atoms with van der Waals surface area (Å²) in [6.07, 6.45) is 2.15. The van der Waals surface area contributed by atoms with Crippen molar-refractivity contribution in [1.29, 1.82) is 0 Å². The number of hydrogen-bond acceptors (Lipinski definition) is 4. The highest BCUT2D eigenvalue weighted by atomic mass is 16.6. The van der Waals surface area contributed by atoms with E-state index < -0.39 is 22.6 Å². The Labute approximate surface area is 93.3 Å². The van der Waals surface area contributed by atoms with Gasteiger partial charge in [0.1, 0.15) is 5.41 Å². The Morgan fingerprint density at radius 1 is 1.25 bits per heavy atom. The largest absolute Gasteiger partial charge is 0.481 e. The van der Waals surface area contributed by atoms with Crippen LogP contribution in [0.25, 0.3) is 0 Å². The van der Waals surface area contributed by atoms with Crippen molar-refractivity contribution >= 4 is 5.97 Å². The highest BCUT2D eigenvalue weighted by Crippen LogP contribution is 2.69. The molecule has 2 bridgehead atoms. The van der Waals surface area contributed by atoms with Crippen LogP contribution in [-0.4, -0.2) is 47.2 Å². The molecule has 4 aliphatic rings. The van der Waals surface area contributed by atoms with E-state index in [1.165, 1.54) is 0 Å². The van der Waals surface area contributed by atoms with Crippen LogP contribution < -0.4 is 0 Å². The molecule has 3 aliphatic heterocycles. The standard InChI is InChI=1S/C11H16O5/c12-7-9-5-10(6-9,8(13)14)11(16-9)1-3-15-4-2-11/h12H,1-7H2,(H,13,14). The third-order valence-electron chi connectivity index (χ3n) is 4.53.